The van der Waals surface area contributed by atoms with Crippen LogP contribution in [0, 0.1) is 0 Å². The number of hydrogen-bond donors (Lipinski definition) is 1. The highest BCUT2D eigenvalue weighted by molar-refractivity contribution is 5.90. The predicted molar refractivity (Wildman–Crippen MR) is 51.0 cm³/mol. The number of hydrogen-bond acceptors (Lipinski definition) is 3. The Morgan fingerprint density at radius 2 is 1.86 bits per heavy atom. The molecule has 3 amide bonds. The zero-order valence-electron chi connectivity index (χ0n) is 9.11. The molecular weight excluding hydrogens is 186 g/mol. The summed E-state index contributed by atoms with van der Waals surface area (Å²) in [4.78, 5) is 26.5. The molecule has 0 heterocycles. The Kier molecular flexibility index (Phi) is 4.52. The first kappa shape index (κ1) is 12.9. The Bertz CT molecular complexity index is 208. The van der Waals surface area contributed by atoms with Gasteiger partial charge in [-0.2, -0.15) is 0 Å². The van der Waals surface area contributed by atoms with Gasteiger partial charge in [-0.1, -0.05) is 0 Å². The number of carbonyl (C=O) groups excluding carboxylic acids is 2. The van der Waals surface area contributed by atoms with E-state index in [1.54, 1.807) is 0 Å². The summed E-state index contributed by atoms with van der Waals surface area (Å²) in [6.07, 6.45) is 0. The first-order chi connectivity index (χ1) is 6.24. The van der Waals surface area contributed by atoms with Gasteiger partial charge in [-0.15, -0.1) is 5.06 Å². The van der Waals surface area contributed by atoms with Crippen molar-refractivity contribution in [2.45, 2.75) is 6.92 Å². The Hall–Kier alpha value is -1.14. The van der Waals surface area contributed by atoms with Crippen LogP contribution in [0.4, 0.5) is 4.79 Å². The van der Waals surface area contributed by atoms with Crippen molar-refractivity contribution in [3.63, 3.8) is 0 Å². The van der Waals surface area contributed by atoms with Crippen LogP contribution in [0.1, 0.15) is 6.92 Å². The molecule has 2 N–H and O–H groups in total. The molecule has 0 fully saturated rings. The predicted octanol–water partition coefficient (Wildman–Crippen LogP) is -0.449. The van der Waals surface area contributed by atoms with Crippen LogP contribution in [0.15, 0.2) is 0 Å². The number of rotatable bonds is 4. The van der Waals surface area contributed by atoms with Crippen molar-refractivity contribution in [2.24, 2.45) is 5.73 Å². The number of carbonyl (C=O) groups is 2. The number of likely N-dealkylation sites (N-methyl/N-ethyl adjacent to an activating group) is 1. The summed E-state index contributed by atoms with van der Waals surface area (Å²) >= 11 is 0. The van der Waals surface area contributed by atoms with Gasteiger partial charge in [0, 0.05) is 6.92 Å². The maximum atomic E-state index is 10.8. The van der Waals surface area contributed by atoms with Gasteiger partial charge >= 0.3 is 6.03 Å². The van der Waals surface area contributed by atoms with E-state index < -0.39 is 11.9 Å². The van der Waals surface area contributed by atoms with E-state index >= 15 is 0 Å². The van der Waals surface area contributed by atoms with Crippen molar-refractivity contribution in [2.75, 3.05) is 34.3 Å². The van der Waals surface area contributed by atoms with Crippen LogP contribution in [-0.4, -0.2) is 55.8 Å². The minimum absolute atomic E-state index is 0.270. The fourth-order valence-electron chi connectivity index (χ4n) is 0.716. The molecule has 0 bridgehead atoms. The van der Waals surface area contributed by atoms with Crippen LogP contribution in [0.3, 0.4) is 0 Å². The second kappa shape index (κ2) is 4.92. The highest BCUT2D eigenvalue weighted by Gasteiger charge is 2.17. The number of quaternary nitrogens is 1. The Labute approximate surface area is 83.8 Å². The van der Waals surface area contributed by atoms with E-state index in [0.717, 1.165) is 0 Å². The molecule has 0 saturated heterocycles. The lowest BCUT2D eigenvalue weighted by atomic mass is 10.5. The lowest BCUT2D eigenvalue weighted by Crippen LogP contribution is -2.43. The number of hydroxylamine groups is 2. The minimum Gasteiger partial charge on any atom is -0.349 e. The van der Waals surface area contributed by atoms with Gasteiger partial charge < -0.3 is 10.2 Å². The summed E-state index contributed by atoms with van der Waals surface area (Å²) in [6, 6.07) is -0.890. The third-order valence-electron chi connectivity index (χ3n) is 1.47. The summed E-state index contributed by atoms with van der Waals surface area (Å²) < 4.78 is 0.685. The standard InChI is InChI=1S/C8H17N3O3/c1-7(12)10(8(9)13)14-6-5-11(2,3)4/h5-6H2,1-4H3,(H-,9,13)/p+1. The summed E-state index contributed by atoms with van der Waals surface area (Å²) in [6.45, 7) is 2.17. The maximum absolute atomic E-state index is 10.8. The van der Waals surface area contributed by atoms with Crippen molar-refractivity contribution in [1.29, 1.82) is 0 Å². The lowest BCUT2D eigenvalue weighted by molar-refractivity contribution is -0.871. The number of amides is 3. The monoisotopic (exact) mass is 204 g/mol. The molecular formula is C8H18N3O3+. The van der Waals surface area contributed by atoms with Gasteiger partial charge in [0.25, 0.3) is 5.91 Å². The average Bonchev–Trinajstić information content (AvgIpc) is 1.94. The van der Waals surface area contributed by atoms with E-state index in [0.29, 0.717) is 16.1 Å². The van der Waals surface area contributed by atoms with Gasteiger partial charge in [-0.25, -0.2) is 4.79 Å². The molecule has 0 aromatic rings. The Balaban J connectivity index is 3.97. The van der Waals surface area contributed by atoms with Crippen LogP contribution in [-0.2, 0) is 9.63 Å². The summed E-state index contributed by atoms with van der Waals surface area (Å²) in [7, 11) is 5.93. The molecule has 0 atom stereocenters. The molecule has 82 valence electrons. The lowest BCUT2D eigenvalue weighted by Gasteiger charge is -2.24. The third kappa shape index (κ3) is 5.50. The molecule has 0 spiro atoms. The topological polar surface area (TPSA) is 72.6 Å². The van der Waals surface area contributed by atoms with Crippen molar-refractivity contribution < 1.29 is 18.9 Å². The number of urea groups is 1. The maximum Gasteiger partial charge on any atom is 0.346 e. The van der Waals surface area contributed by atoms with E-state index in [1.807, 2.05) is 21.1 Å². The van der Waals surface area contributed by atoms with Crippen molar-refractivity contribution in [3.8, 4) is 0 Å². The first-order valence-corrected chi connectivity index (χ1v) is 4.27. The van der Waals surface area contributed by atoms with Crippen LogP contribution >= 0.6 is 0 Å². The normalized spacial score (nSPS) is 11.1. The number of nitrogens with zero attached hydrogens (tertiary/aromatic N) is 2. The van der Waals surface area contributed by atoms with Crippen LogP contribution in [0.25, 0.3) is 0 Å². The Morgan fingerprint density at radius 3 is 2.14 bits per heavy atom. The molecule has 6 nitrogen and oxygen atoms in total. The average molecular weight is 204 g/mol. The molecule has 6 heteroatoms. The van der Waals surface area contributed by atoms with Gasteiger partial charge in [-0.05, 0) is 0 Å². The van der Waals surface area contributed by atoms with Crippen LogP contribution in [0.2, 0.25) is 0 Å². The molecule has 0 aliphatic carbocycles. The van der Waals surface area contributed by atoms with Gasteiger partial charge in [0.2, 0.25) is 0 Å². The molecule has 0 aliphatic heterocycles. The summed E-state index contributed by atoms with van der Waals surface area (Å²) in [5, 5.41) is 0.565. The van der Waals surface area contributed by atoms with Gasteiger partial charge in [0.05, 0.1) is 21.1 Å². The van der Waals surface area contributed by atoms with E-state index in [4.69, 9.17) is 10.6 Å². The Morgan fingerprint density at radius 1 is 1.36 bits per heavy atom. The zero-order chi connectivity index (χ0) is 11.4. The van der Waals surface area contributed by atoms with Crippen molar-refractivity contribution >= 4 is 11.9 Å². The molecule has 0 saturated carbocycles. The smallest absolute Gasteiger partial charge is 0.346 e. The first-order valence-electron chi connectivity index (χ1n) is 4.27. The highest BCUT2D eigenvalue weighted by Crippen LogP contribution is 1.94. The van der Waals surface area contributed by atoms with E-state index in [9.17, 15) is 9.59 Å². The SMILES string of the molecule is CC(=O)N(OCC[N+](C)(C)C)C(N)=O. The number of imide groups is 1. The largest absolute Gasteiger partial charge is 0.349 e. The summed E-state index contributed by atoms with van der Waals surface area (Å²) in [5.74, 6) is -0.515. The molecule has 0 unspecified atom stereocenters. The number of nitrogens with two attached hydrogens (primary N) is 1. The summed E-state index contributed by atoms with van der Waals surface area (Å²) in [5.41, 5.74) is 4.92. The van der Waals surface area contributed by atoms with Crippen LogP contribution < -0.4 is 5.73 Å². The molecule has 0 radical (unpaired) electrons. The fraction of sp³-hybridized carbons (Fsp3) is 0.750. The van der Waals surface area contributed by atoms with E-state index in [-0.39, 0.29) is 6.61 Å². The molecule has 0 aromatic carbocycles. The second-order valence-corrected chi connectivity index (χ2v) is 4.00. The molecule has 14 heavy (non-hydrogen) atoms. The van der Waals surface area contributed by atoms with Crippen LogP contribution in [0.5, 0.6) is 0 Å². The van der Waals surface area contributed by atoms with Gasteiger partial charge in [0.1, 0.15) is 13.2 Å². The van der Waals surface area contributed by atoms with Gasteiger partial charge in [0.15, 0.2) is 0 Å². The third-order valence-corrected chi connectivity index (χ3v) is 1.47. The van der Waals surface area contributed by atoms with E-state index in [2.05, 4.69) is 0 Å². The fourth-order valence-corrected chi connectivity index (χ4v) is 0.716. The minimum atomic E-state index is -0.890. The highest BCUT2D eigenvalue weighted by atomic mass is 16.7. The van der Waals surface area contributed by atoms with Crippen molar-refractivity contribution in [1.82, 2.24) is 5.06 Å². The van der Waals surface area contributed by atoms with E-state index in [1.165, 1.54) is 6.92 Å². The molecule has 0 aromatic heterocycles. The zero-order valence-corrected chi connectivity index (χ0v) is 9.11. The molecule has 0 aliphatic rings. The number of primary amides is 1. The van der Waals surface area contributed by atoms with Gasteiger partial charge in [-0.3, -0.25) is 9.63 Å². The second-order valence-electron chi connectivity index (χ2n) is 4.00. The quantitative estimate of drug-likeness (QED) is 0.498. The molecule has 0 rings (SSSR count). The van der Waals surface area contributed by atoms with Crippen molar-refractivity contribution in [3.05, 3.63) is 0 Å².